The minimum atomic E-state index is 0.584. The van der Waals surface area contributed by atoms with Crippen LogP contribution < -0.4 is 5.32 Å². The largest absolute Gasteiger partial charge is 0.231 e. The fourth-order valence-corrected chi connectivity index (χ4v) is 3.35. The Morgan fingerprint density at radius 1 is 0.700 bits per heavy atom. The first-order valence-corrected chi connectivity index (χ1v) is 8.33. The summed E-state index contributed by atoms with van der Waals surface area (Å²) in [7, 11) is 0. The lowest BCUT2D eigenvalue weighted by Crippen LogP contribution is -2.19. The van der Waals surface area contributed by atoms with Crippen LogP contribution in [0, 0.1) is 5.92 Å². The van der Waals surface area contributed by atoms with Crippen LogP contribution in [0.15, 0.2) is 29.3 Å². The van der Waals surface area contributed by atoms with Crippen molar-refractivity contribution in [2.75, 3.05) is 0 Å². The van der Waals surface area contributed by atoms with Crippen molar-refractivity contribution in [3.63, 3.8) is 0 Å². The molecule has 1 aliphatic heterocycles. The van der Waals surface area contributed by atoms with Gasteiger partial charge in [-0.1, -0.05) is 63.5 Å². The molecule has 20 heavy (non-hydrogen) atoms. The van der Waals surface area contributed by atoms with Crippen LogP contribution in [0.3, 0.4) is 0 Å². The van der Waals surface area contributed by atoms with E-state index in [4.69, 9.17) is 10.3 Å². The molecule has 107 valence electrons. The number of para-hydroxylation sites is 2. The van der Waals surface area contributed by atoms with Gasteiger partial charge in [0, 0.05) is 5.92 Å². The first kappa shape index (κ1) is 13.7. The van der Waals surface area contributed by atoms with Gasteiger partial charge in [0.15, 0.2) is 0 Å². The maximum atomic E-state index is 4.78. The van der Waals surface area contributed by atoms with E-state index in [1.54, 1.807) is 0 Å². The van der Waals surface area contributed by atoms with Crippen LogP contribution in [0.2, 0.25) is 0 Å². The summed E-state index contributed by atoms with van der Waals surface area (Å²) < 4.78 is 0. The van der Waals surface area contributed by atoms with E-state index in [9.17, 15) is 0 Å². The Morgan fingerprint density at radius 2 is 1.25 bits per heavy atom. The molecular formula is C18H25N2. The number of hydrogen-bond donors (Lipinski definition) is 0. The van der Waals surface area contributed by atoms with Gasteiger partial charge in [0.25, 0.3) is 0 Å². The van der Waals surface area contributed by atoms with Crippen molar-refractivity contribution in [1.29, 1.82) is 0 Å². The van der Waals surface area contributed by atoms with Crippen molar-refractivity contribution in [2.45, 2.75) is 64.2 Å². The number of hydrogen-bond acceptors (Lipinski definition) is 1. The van der Waals surface area contributed by atoms with Crippen molar-refractivity contribution in [3.05, 3.63) is 24.3 Å². The minimum Gasteiger partial charge on any atom is -0.231 e. The van der Waals surface area contributed by atoms with Crippen molar-refractivity contribution in [1.82, 2.24) is 5.32 Å². The molecule has 0 amide bonds. The molecule has 3 rings (SSSR count). The summed E-state index contributed by atoms with van der Waals surface area (Å²) in [6, 6.07) is 8.27. The molecule has 0 unspecified atom stereocenters. The van der Waals surface area contributed by atoms with E-state index in [1.807, 2.05) is 0 Å². The zero-order valence-electron chi connectivity index (χ0n) is 12.4. The molecule has 0 N–H and O–H groups in total. The van der Waals surface area contributed by atoms with Gasteiger partial charge in [0.1, 0.15) is 5.84 Å². The average Bonchev–Trinajstić information content (AvgIpc) is 2.87. The smallest absolute Gasteiger partial charge is 0.132 e. The Balaban J connectivity index is 1.65. The first-order chi connectivity index (χ1) is 9.93. The summed E-state index contributed by atoms with van der Waals surface area (Å²) in [6.07, 6.45) is 13.7. The van der Waals surface area contributed by atoms with Gasteiger partial charge < -0.3 is 0 Å². The van der Waals surface area contributed by atoms with E-state index in [0.29, 0.717) is 5.92 Å². The molecular weight excluding hydrogens is 244 g/mol. The molecule has 1 aromatic carbocycles. The second-order valence-corrected chi connectivity index (χ2v) is 6.17. The highest BCUT2D eigenvalue weighted by atomic mass is 15.1. The lowest BCUT2D eigenvalue weighted by atomic mass is 9.94. The van der Waals surface area contributed by atoms with E-state index in [0.717, 1.165) is 17.2 Å². The number of aliphatic imine (C=N–C) groups is 1. The molecule has 0 saturated heterocycles. The summed E-state index contributed by atoms with van der Waals surface area (Å²) in [5.74, 6) is 1.69. The lowest BCUT2D eigenvalue weighted by Gasteiger charge is -2.15. The predicted octanol–water partition coefficient (Wildman–Crippen LogP) is 5.50. The second-order valence-electron chi connectivity index (χ2n) is 6.17. The highest BCUT2D eigenvalue weighted by molar-refractivity contribution is 5.97. The SMILES string of the molecule is c1ccc2c(c1)[N]C(C1CCCCCCCCCC1)=N2. The summed E-state index contributed by atoms with van der Waals surface area (Å²) >= 11 is 0. The fourth-order valence-electron chi connectivity index (χ4n) is 3.35. The Labute approximate surface area is 122 Å². The van der Waals surface area contributed by atoms with Gasteiger partial charge in [-0.05, 0) is 25.0 Å². The molecule has 1 heterocycles. The van der Waals surface area contributed by atoms with Crippen LogP contribution in [-0.4, -0.2) is 5.84 Å². The normalized spacial score (nSPS) is 21.5. The van der Waals surface area contributed by atoms with Crippen molar-refractivity contribution < 1.29 is 0 Å². The van der Waals surface area contributed by atoms with Gasteiger partial charge in [-0.2, -0.15) is 0 Å². The van der Waals surface area contributed by atoms with E-state index in [2.05, 4.69) is 24.3 Å². The van der Waals surface area contributed by atoms with Crippen LogP contribution in [0.25, 0.3) is 0 Å². The molecule has 0 aromatic heterocycles. The third-order valence-electron chi connectivity index (χ3n) is 4.57. The molecule has 0 bridgehead atoms. The quantitative estimate of drug-likeness (QED) is 0.644. The molecule has 1 radical (unpaired) electrons. The Kier molecular flexibility index (Phi) is 4.73. The van der Waals surface area contributed by atoms with Crippen LogP contribution in [-0.2, 0) is 0 Å². The van der Waals surface area contributed by atoms with Crippen LogP contribution in [0.4, 0.5) is 11.4 Å². The third-order valence-corrected chi connectivity index (χ3v) is 4.57. The highest BCUT2D eigenvalue weighted by Crippen LogP contribution is 2.34. The van der Waals surface area contributed by atoms with E-state index < -0.39 is 0 Å². The van der Waals surface area contributed by atoms with Crippen LogP contribution in [0.1, 0.15) is 64.2 Å². The Hall–Kier alpha value is -1.31. The third kappa shape index (κ3) is 3.41. The lowest BCUT2D eigenvalue weighted by molar-refractivity contribution is 0.506. The van der Waals surface area contributed by atoms with Crippen LogP contribution >= 0.6 is 0 Å². The van der Waals surface area contributed by atoms with Crippen LogP contribution in [0.5, 0.6) is 0 Å². The van der Waals surface area contributed by atoms with Gasteiger partial charge in [0.2, 0.25) is 0 Å². The number of fused-ring (bicyclic) bond motifs is 1. The molecule has 1 aliphatic carbocycles. The second kappa shape index (κ2) is 6.92. The maximum Gasteiger partial charge on any atom is 0.132 e. The molecule has 1 saturated carbocycles. The van der Waals surface area contributed by atoms with Gasteiger partial charge in [0.05, 0.1) is 11.4 Å². The topological polar surface area (TPSA) is 26.5 Å². The number of benzene rings is 1. The van der Waals surface area contributed by atoms with E-state index in [1.165, 1.54) is 64.2 Å². The minimum absolute atomic E-state index is 0.584. The number of amidine groups is 1. The molecule has 2 nitrogen and oxygen atoms in total. The Bertz CT molecular complexity index is 452. The maximum absolute atomic E-state index is 4.78. The van der Waals surface area contributed by atoms with Gasteiger partial charge in [-0.3, -0.25) is 0 Å². The standard InChI is InChI=1S/C18H25N2/c1-2-4-6-8-12-15(11-7-5-3-1)18-19-16-13-9-10-14-17(16)20-18/h9-10,13-15H,1-8,11-12H2. The summed E-state index contributed by atoms with van der Waals surface area (Å²) in [5, 5.41) is 4.78. The van der Waals surface area contributed by atoms with Gasteiger partial charge in [-0.15, -0.1) is 0 Å². The van der Waals surface area contributed by atoms with E-state index in [-0.39, 0.29) is 0 Å². The summed E-state index contributed by atoms with van der Waals surface area (Å²) in [4.78, 5) is 4.78. The molecule has 1 aromatic rings. The molecule has 2 heteroatoms. The average molecular weight is 269 g/mol. The summed E-state index contributed by atoms with van der Waals surface area (Å²) in [6.45, 7) is 0. The number of nitrogens with zero attached hydrogens (tertiary/aromatic N) is 2. The monoisotopic (exact) mass is 269 g/mol. The number of rotatable bonds is 1. The molecule has 1 fully saturated rings. The first-order valence-electron chi connectivity index (χ1n) is 8.33. The Morgan fingerprint density at radius 3 is 1.85 bits per heavy atom. The fraction of sp³-hybridized carbons (Fsp3) is 0.611. The van der Waals surface area contributed by atoms with E-state index >= 15 is 0 Å². The molecule has 0 spiro atoms. The predicted molar refractivity (Wildman–Crippen MR) is 85.0 cm³/mol. The summed E-state index contributed by atoms with van der Waals surface area (Å²) in [5.41, 5.74) is 2.13. The zero-order valence-corrected chi connectivity index (χ0v) is 12.4. The molecule has 0 atom stereocenters. The van der Waals surface area contributed by atoms with Crippen molar-refractivity contribution in [3.8, 4) is 0 Å². The van der Waals surface area contributed by atoms with Gasteiger partial charge >= 0.3 is 0 Å². The zero-order chi connectivity index (χ0) is 13.6. The van der Waals surface area contributed by atoms with Gasteiger partial charge in [-0.25, -0.2) is 10.3 Å². The van der Waals surface area contributed by atoms with Crippen molar-refractivity contribution in [2.24, 2.45) is 10.9 Å². The van der Waals surface area contributed by atoms with Crippen molar-refractivity contribution >= 4 is 17.2 Å². The molecule has 2 aliphatic rings. The highest BCUT2D eigenvalue weighted by Gasteiger charge is 2.23.